The van der Waals surface area contributed by atoms with Gasteiger partial charge in [-0.15, -0.1) is 0 Å². The molecule has 0 aliphatic carbocycles. The molecule has 0 radical (unpaired) electrons. The zero-order valence-corrected chi connectivity index (χ0v) is 13.9. The van der Waals surface area contributed by atoms with Gasteiger partial charge in [0.2, 0.25) is 0 Å². The molecular formula is C19H18N4S. The van der Waals surface area contributed by atoms with E-state index in [1.165, 1.54) is 5.56 Å². The molecular weight excluding hydrogens is 316 g/mol. The van der Waals surface area contributed by atoms with E-state index >= 15 is 0 Å². The van der Waals surface area contributed by atoms with Gasteiger partial charge in [0, 0.05) is 24.6 Å². The second-order valence-corrected chi connectivity index (χ2v) is 6.25. The van der Waals surface area contributed by atoms with Crippen molar-refractivity contribution in [3.05, 3.63) is 90.0 Å². The third-order valence-electron chi connectivity index (χ3n) is 4.33. The molecule has 1 aliphatic rings. The number of H-pyrrole nitrogens is 1. The third-order valence-corrected chi connectivity index (χ3v) is 4.69. The zero-order chi connectivity index (χ0) is 16.4. The molecule has 1 aliphatic heterocycles. The molecule has 2 atom stereocenters. The molecule has 0 spiro atoms. The van der Waals surface area contributed by atoms with E-state index in [2.05, 4.69) is 50.5 Å². The van der Waals surface area contributed by atoms with Crippen molar-refractivity contribution in [2.45, 2.75) is 18.6 Å². The van der Waals surface area contributed by atoms with Gasteiger partial charge in [-0.3, -0.25) is 4.98 Å². The van der Waals surface area contributed by atoms with Crippen LogP contribution in [0.1, 0.15) is 29.0 Å². The van der Waals surface area contributed by atoms with Crippen LogP contribution in [-0.2, 0) is 6.54 Å². The van der Waals surface area contributed by atoms with Crippen LogP contribution in [0.4, 0.5) is 0 Å². The zero-order valence-electron chi connectivity index (χ0n) is 13.1. The normalized spacial score (nSPS) is 20.2. The Bertz CT molecular complexity index is 802. The van der Waals surface area contributed by atoms with Gasteiger partial charge in [0.05, 0.1) is 17.8 Å². The van der Waals surface area contributed by atoms with E-state index in [1.54, 1.807) is 0 Å². The number of benzene rings is 1. The van der Waals surface area contributed by atoms with E-state index in [9.17, 15) is 0 Å². The molecule has 24 heavy (non-hydrogen) atoms. The first-order valence-electron chi connectivity index (χ1n) is 7.98. The Morgan fingerprint density at radius 3 is 2.54 bits per heavy atom. The fourth-order valence-electron chi connectivity index (χ4n) is 3.22. The molecule has 4 nitrogen and oxygen atoms in total. The molecule has 3 heterocycles. The highest BCUT2D eigenvalue weighted by Gasteiger charge is 2.40. The summed E-state index contributed by atoms with van der Waals surface area (Å²) in [6.07, 6.45) is 3.78. The summed E-state index contributed by atoms with van der Waals surface area (Å²) in [6.45, 7) is 0.764. The van der Waals surface area contributed by atoms with Crippen molar-refractivity contribution >= 4 is 17.3 Å². The van der Waals surface area contributed by atoms with Crippen molar-refractivity contribution in [1.82, 2.24) is 20.2 Å². The van der Waals surface area contributed by atoms with Crippen LogP contribution in [0.2, 0.25) is 0 Å². The van der Waals surface area contributed by atoms with Gasteiger partial charge >= 0.3 is 0 Å². The van der Waals surface area contributed by atoms with Crippen LogP contribution in [0.25, 0.3) is 0 Å². The third kappa shape index (κ3) is 2.78. The second-order valence-electron chi connectivity index (χ2n) is 5.87. The number of pyridine rings is 1. The Morgan fingerprint density at radius 2 is 1.83 bits per heavy atom. The lowest BCUT2D eigenvalue weighted by Gasteiger charge is -2.27. The molecule has 120 valence electrons. The number of aromatic nitrogens is 2. The molecule has 2 aromatic heterocycles. The maximum atomic E-state index is 5.64. The van der Waals surface area contributed by atoms with Crippen LogP contribution in [0.3, 0.4) is 0 Å². The van der Waals surface area contributed by atoms with E-state index in [1.807, 2.05) is 42.7 Å². The second kappa shape index (κ2) is 6.45. The molecule has 2 N–H and O–H groups in total. The van der Waals surface area contributed by atoms with Gasteiger partial charge in [-0.05, 0) is 42.0 Å². The topological polar surface area (TPSA) is 44.0 Å². The average molecular weight is 334 g/mol. The largest absolute Gasteiger partial charge is 0.363 e. The van der Waals surface area contributed by atoms with Gasteiger partial charge in [-0.2, -0.15) is 0 Å². The molecule has 3 aromatic rings. The van der Waals surface area contributed by atoms with Crippen molar-refractivity contribution < 1.29 is 0 Å². The molecule has 0 amide bonds. The van der Waals surface area contributed by atoms with Crippen molar-refractivity contribution in [1.29, 1.82) is 0 Å². The lowest BCUT2D eigenvalue weighted by atomic mass is 10.0. The lowest BCUT2D eigenvalue weighted by molar-refractivity contribution is 0.306. The summed E-state index contributed by atoms with van der Waals surface area (Å²) >= 11 is 5.64. The van der Waals surface area contributed by atoms with Crippen molar-refractivity contribution in [2.24, 2.45) is 0 Å². The van der Waals surface area contributed by atoms with Gasteiger partial charge in [-0.1, -0.05) is 36.4 Å². The molecule has 1 aromatic carbocycles. The van der Waals surface area contributed by atoms with E-state index in [0.717, 1.165) is 23.0 Å². The number of nitrogens with zero attached hydrogens (tertiary/aromatic N) is 2. The first kappa shape index (κ1) is 14.9. The number of nitrogens with one attached hydrogen (secondary N) is 2. The smallest absolute Gasteiger partial charge is 0.170 e. The Labute approximate surface area is 146 Å². The quantitative estimate of drug-likeness (QED) is 0.716. The molecule has 1 saturated heterocycles. The fraction of sp³-hybridized carbons (Fsp3) is 0.158. The summed E-state index contributed by atoms with van der Waals surface area (Å²) in [4.78, 5) is 10.1. The standard InChI is InChI=1S/C19H18N4S/c24-19-22-17(15-9-4-5-11-20-15)18(16-10-6-12-21-16)23(19)13-14-7-2-1-3-8-14/h1-12,17-18,21H,13H2,(H,22,24)/t17-,18+/m0/s1. The minimum absolute atomic E-state index is 0.0288. The number of thiocarbonyl (C=S) groups is 1. The molecule has 1 fully saturated rings. The van der Waals surface area contributed by atoms with E-state index < -0.39 is 0 Å². The molecule has 4 rings (SSSR count). The average Bonchev–Trinajstić information content (AvgIpc) is 3.25. The van der Waals surface area contributed by atoms with E-state index in [-0.39, 0.29) is 12.1 Å². The summed E-state index contributed by atoms with van der Waals surface area (Å²) in [5, 5.41) is 4.21. The van der Waals surface area contributed by atoms with Crippen LogP contribution in [0.5, 0.6) is 0 Å². The summed E-state index contributed by atoms with van der Waals surface area (Å²) in [7, 11) is 0. The highest BCUT2D eigenvalue weighted by molar-refractivity contribution is 7.80. The molecule has 0 bridgehead atoms. The van der Waals surface area contributed by atoms with Crippen molar-refractivity contribution in [3.63, 3.8) is 0 Å². The summed E-state index contributed by atoms with van der Waals surface area (Å²) in [6, 6.07) is 20.6. The summed E-state index contributed by atoms with van der Waals surface area (Å²) in [5.41, 5.74) is 3.36. The van der Waals surface area contributed by atoms with Gasteiger partial charge in [0.15, 0.2) is 5.11 Å². The molecule has 0 saturated carbocycles. The lowest BCUT2D eigenvalue weighted by Crippen LogP contribution is -2.29. The fourth-order valence-corrected chi connectivity index (χ4v) is 3.53. The maximum Gasteiger partial charge on any atom is 0.170 e. The summed E-state index contributed by atoms with van der Waals surface area (Å²) in [5.74, 6) is 0. The number of rotatable bonds is 4. The minimum Gasteiger partial charge on any atom is -0.363 e. The van der Waals surface area contributed by atoms with Crippen LogP contribution in [0, 0.1) is 0 Å². The van der Waals surface area contributed by atoms with E-state index in [4.69, 9.17) is 12.2 Å². The Morgan fingerprint density at radius 1 is 1.00 bits per heavy atom. The highest BCUT2D eigenvalue weighted by atomic mass is 32.1. The van der Waals surface area contributed by atoms with Gasteiger partial charge in [0.1, 0.15) is 0 Å². The number of aromatic amines is 1. The van der Waals surface area contributed by atoms with Gasteiger partial charge in [-0.25, -0.2) is 0 Å². The van der Waals surface area contributed by atoms with Gasteiger partial charge in [0.25, 0.3) is 0 Å². The minimum atomic E-state index is 0.0288. The van der Waals surface area contributed by atoms with Crippen molar-refractivity contribution in [2.75, 3.05) is 0 Å². The highest BCUT2D eigenvalue weighted by Crippen LogP contribution is 2.38. The van der Waals surface area contributed by atoms with Crippen LogP contribution >= 0.6 is 12.2 Å². The summed E-state index contributed by atoms with van der Waals surface area (Å²) < 4.78 is 0. The predicted molar refractivity (Wildman–Crippen MR) is 98.2 cm³/mol. The van der Waals surface area contributed by atoms with Crippen LogP contribution in [0.15, 0.2) is 73.1 Å². The van der Waals surface area contributed by atoms with Crippen LogP contribution in [-0.4, -0.2) is 20.0 Å². The molecule has 5 heteroatoms. The van der Waals surface area contributed by atoms with Crippen molar-refractivity contribution in [3.8, 4) is 0 Å². The Kier molecular flexibility index (Phi) is 4.01. The Hall–Kier alpha value is -2.66. The van der Waals surface area contributed by atoms with Crippen LogP contribution < -0.4 is 5.32 Å². The number of hydrogen-bond donors (Lipinski definition) is 2. The van der Waals surface area contributed by atoms with E-state index in [0.29, 0.717) is 0 Å². The monoisotopic (exact) mass is 334 g/mol. The first-order chi connectivity index (χ1) is 11.8. The van der Waals surface area contributed by atoms with Gasteiger partial charge < -0.3 is 15.2 Å². The maximum absolute atomic E-state index is 5.64. The first-order valence-corrected chi connectivity index (χ1v) is 8.39. The Balaban J connectivity index is 1.71. The predicted octanol–water partition coefficient (Wildman–Crippen LogP) is 3.58. The SMILES string of the molecule is S=C1N[C@@H](c2ccccn2)[C@@H](c2ccc[nH]2)N1Cc1ccccc1. The number of hydrogen-bond acceptors (Lipinski definition) is 2. The molecule has 0 unspecified atom stereocenters.